The smallest absolute Gasteiger partial charge is 0.264 e. The molecule has 2 aromatic rings. The van der Waals surface area contributed by atoms with Crippen LogP contribution in [0, 0.1) is 0 Å². The van der Waals surface area contributed by atoms with Gasteiger partial charge in [-0.15, -0.1) is 0 Å². The Balaban J connectivity index is 2.30. The van der Waals surface area contributed by atoms with Crippen molar-refractivity contribution >= 4 is 21.6 Å². The Morgan fingerprint density at radius 1 is 1.00 bits per heavy atom. The summed E-state index contributed by atoms with van der Waals surface area (Å²) >= 11 is 0. The summed E-state index contributed by atoms with van der Waals surface area (Å²) in [5.74, 6) is -1.19. The van der Waals surface area contributed by atoms with E-state index in [1.807, 2.05) is 0 Å². The molecule has 0 fully saturated rings. The van der Waals surface area contributed by atoms with E-state index in [4.69, 9.17) is 0 Å². The van der Waals surface area contributed by atoms with Crippen LogP contribution in [0.5, 0.6) is 0 Å². The zero-order chi connectivity index (χ0) is 15.9. The van der Waals surface area contributed by atoms with Crippen molar-refractivity contribution in [2.24, 2.45) is 0 Å². The number of carbonyl (C=O) groups is 1. The van der Waals surface area contributed by atoms with Crippen molar-refractivity contribution < 1.29 is 18.3 Å². The van der Waals surface area contributed by atoms with E-state index in [0.717, 1.165) is 4.31 Å². The highest BCUT2D eigenvalue weighted by atomic mass is 32.2. The molecule has 3 rings (SSSR count). The topological polar surface area (TPSA) is 77.5 Å². The zero-order valence-corrected chi connectivity index (χ0v) is 12.5. The normalized spacial score (nSPS) is 18.8. The number of sulfonamides is 1. The predicted molar refractivity (Wildman–Crippen MR) is 79.1 cm³/mol. The predicted octanol–water partition coefficient (Wildman–Crippen LogP) is 1.23. The monoisotopic (exact) mass is 314 g/mol. The molecule has 0 unspecified atom stereocenters. The number of nitrogens with zero attached hydrogens (tertiary/aromatic N) is 1. The molecule has 1 aliphatic heterocycles. The summed E-state index contributed by atoms with van der Waals surface area (Å²) in [4.78, 5) is 12.5. The number of hydrogen-bond donors (Lipinski definition) is 0. The number of likely N-dealkylation sites (N-methyl/N-ethyl adjacent to an activating group) is 1. The molecule has 0 aliphatic carbocycles. The van der Waals surface area contributed by atoms with E-state index in [2.05, 4.69) is 0 Å². The second-order valence-electron chi connectivity index (χ2n) is 4.84. The van der Waals surface area contributed by atoms with E-state index in [9.17, 15) is 18.3 Å². The van der Waals surface area contributed by atoms with Crippen LogP contribution in [0.1, 0.15) is 15.9 Å². The molecule has 1 heterocycles. The second kappa shape index (κ2) is 4.99. The van der Waals surface area contributed by atoms with Crippen LogP contribution in [0.15, 0.2) is 65.2 Å². The van der Waals surface area contributed by atoms with Crippen LogP contribution >= 0.6 is 0 Å². The fourth-order valence-corrected chi connectivity index (χ4v) is 3.78. The summed E-state index contributed by atoms with van der Waals surface area (Å²) < 4.78 is 25.8. The minimum Gasteiger partial charge on any atom is -0.871 e. The third kappa shape index (κ3) is 2.00. The van der Waals surface area contributed by atoms with Crippen molar-refractivity contribution in [3.8, 4) is 0 Å². The van der Waals surface area contributed by atoms with E-state index < -0.39 is 21.6 Å². The SMILES string of the molecule is CN1/C(=C(/[O-])c2ccccc2)C(=O)c2ccccc2S1(=O)=O. The molecule has 5 nitrogen and oxygen atoms in total. The lowest BCUT2D eigenvalue weighted by Crippen LogP contribution is -2.38. The fraction of sp³-hybridized carbons (Fsp3) is 0.0625. The van der Waals surface area contributed by atoms with E-state index in [1.165, 1.54) is 19.2 Å². The summed E-state index contributed by atoms with van der Waals surface area (Å²) in [6.45, 7) is 0. The highest BCUT2D eigenvalue weighted by Crippen LogP contribution is 2.33. The van der Waals surface area contributed by atoms with Crippen LogP contribution in [0.2, 0.25) is 0 Å². The Hall–Kier alpha value is -2.60. The number of rotatable bonds is 1. The van der Waals surface area contributed by atoms with Gasteiger partial charge in [-0.1, -0.05) is 48.2 Å². The molecule has 0 spiro atoms. The Morgan fingerprint density at radius 2 is 1.59 bits per heavy atom. The number of fused-ring (bicyclic) bond motifs is 1. The summed E-state index contributed by atoms with van der Waals surface area (Å²) in [6.07, 6.45) is 0. The first-order chi connectivity index (χ1) is 10.4. The lowest BCUT2D eigenvalue weighted by atomic mass is 10.0. The molecule has 22 heavy (non-hydrogen) atoms. The molecule has 0 aromatic heterocycles. The minimum atomic E-state index is -3.90. The average molecular weight is 314 g/mol. The van der Waals surface area contributed by atoms with E-state index in [-0.39, 0.29) is 21.7 Å². The largest absolute Gasteiger partial charge is 0.871 e. The Morgan fingerprint density at radius 3 is 2.27 bits per heavy atom. The molecule has 0 atom stereocenters. The van der Waals surface area contributed by atoms with Gasteiger partial charge in [-0.3, -0.25) is 9.10 Å². The molecule has 1 aliphatic rings. The summed E-state index contributed by atoms with van der Waals surface area (Å²) in [7, 11) is -2.68. The molecule has 6 heteroatoms. The van der Waals surface area contributed by atoms with Crippen molar-refractivity contribution in [2.45, 2.75) is 4.90 Å². The van der Waals surface area contributed by atoms with E-state index >= 15 is 0 Å². The van der Waals surface area contributed by atoms with Gasteiger partial charge >= 0.3 is 0 Å². The molecule has 2 aromatic carbocycles. The maximum absolute atomic E-state index is 12.6. The summed E-state index contributed by atoms with van der Waals surface area (Å²) in [5, 5.41) is 12.6. The fourth-order valence-electron chi connectivity index (χ4n) is 2.39. The van der Waals surface area contributed by atoms with Crippen molar-refractivity contribution in [2.75, 3.05) is 7.05 Å². The van der Waals surface area contributed by atoms with Gasteiger partial charge in [0.1, 0.15) is 0 Å². The van der Waals surface area contributed by atoms with Crippen molar-refractivity contribution in [1.82, 2.24) is 4.31 Å². The van der Waals surface area contributed by atoms with Gasteiger partial charge in [0.15, 0.2) is 0 Å². The van der Waals surface area contributed by atoms with Crippen molar-refractivity contribution in [1.29, 1.82) is 0 Å². The molecule has 0 amide bonds. The highest BCUT2D eigenvalue weighted by molar-refractivity contribution is 7.89. The number of carbonyl (C=O) groups excluding carboxylic acids is 1. The lowest BCUT2D eigenvalue weighted by molar-refractivity contribution is -0.245. The van der Waals surface area contributed by atoms with E-state index in [1.54, 1.807) is 42.5 Å². The van der Waals surface area contributed by atoms with E-state index in [0.29, 0.717) is 0 Å². The van der Waals surface area contributed by atoms with Gasteiger partial charge in [0.05, 0.1) is 10.6 Å². The van der Waals surface area contributed by atoms with Crippen LogP contribution in [-0.2, 0) is 10.0 Å². The van der Waals surface area contributed by atoms with Crippen LogP contribution in [0.4, 0.5) is 0 Å². The van der Waals surface area contributed by atoms with Gasteiger partial charge in [-0.25, -0.2) is 8.42 Å². The number of ketones is 1. The lowest BCUT2D eigenvalue weighted by Gasteiger charge is -2.32. The van der Waals surface area contributed by atoms with Gasteiger partial charge in [-0.2, -0.15) is 0 Å². The first-order valence-corrected chi connectivity index (χ1v) is 7.98. The zero-order valence-electron chi connectivity index (χ0n) is 11.7. The van der Waals surface area contributed by atoms with Crippen LogP contribution in [0.25, 0.3) is 5.76 Å². The molecule has 0 bridgehead atoms. The quantitative estimate of drug-likeness (QED) is 0.586. The molecule has 112 valence electrons. The maximum Gasteiger partial charge on any atom is 0.264 e. The van der Waals surface area contributed by atoms with Crippen LogP contribution in [-0.4, -0.2) is 25.6 Å². The van der Waals surface area contributed by atoms with Crippen LogP contribution < -0.4 is 5.11 Å². The third-order valence-corrected chi connectivity index (χ3v) is 5.37. The first kappa shape index (κ1) is 14.3. The second-order valence-corrected chi connectivity index (χ2v) is 6.78. The van der Waals surface area contributed by atoms with Gasteiger partial charge in [0.2, 0.25) is 5.78 Å². The maximum atomic E-state index is 12.6. The molecule has 0 saturated heterocycles. The molecular formula is C16H12NO4S-. The first-order valence-electron chi connectivity index (χ1n) is 6.54. The van der Waals surface area contributed by atoms with Crippen molar-refractivity contribution in [3.05, 3.63) is 71.4 Å². The molecule has 0 radical (unpaired) electrons. The minimum absolute atomic E-state index is 0.0277. The molecular weight excluding hydrogens is 302 g/mol. The molecule has 0 saturated carbocycles. The van der Waals surface area contributed by atoms with Crippen LogP contribution in [0.3, 0.4) is 0 Å². The number of benzene rings is 2. The Kier molecular flexibility index (Phi) is 3.26. The number of hydrogen-bond acceptors (Lipinski definition) is 4. The Labute approximate surface area is 128 Å². The van der Waals surface area contributed by atoms with Gasteiger partial charge in [0, 0.05) is 12.6 Å². The van der Waals surface area contributed by atoms with Crippen molar-refractivity contribution in [3.63, 3.8) is 0 Å². The number of allylic oxidation sites excluding steroid dienone is 1. The third-order valence-electron chi connectivity index (χ3n) is 3.55. The summed E-state index contributed by atoms with van der Waals surface area (Å²) in [5.41, 5.74) is -0.0583. The number of Topliss-reactive ketones (excluding diaryl/α,β-unsaturated/α-hetero) is 1. The summed E-state index contributed by atoms with van der Waals surface area (Å²) in [6, 6.07) is 14.0. The standard InChI is InChI=1S/C16H13NO4S/c1-17-14(15(18)11-7-3-2-4-8-11)16(19)12-9-5-6-10-13(12)22(17,20)21/h2-10,18H,1H3/p-1/b15-14+. The van der Waals surface area contributed by atoms with Gasteiger partial charge in [-0.05, 0) is 17.7 Å². The highest BCUT2D eigenvalue weighted by Gasteiger charge is 2.37. The van der Waals surface area contributed by atoms with Gasteiger partial charge < -0.3 is 5.11 Å². The molecule has 0 N–H and O–H groups in total. The average Bonchev–Trinajstić information content (AvgIpc) is 2.54. The Bertz CT molecular complexity index is 885. The van der Waals surface area contributed by atoms with Gasteiger partial charge in [0.25, 0.3) is 10.0 Å².